The Morgan fingerprint density at radius 3 is 3.00 bits per heavy atom. The highest BCUT2D eigenvalue weighted by Gasteiger charge is 2.23. The Kier molecular flexibility index (Phi) is 3.63. The third-order valence-electron chi connectivity index (χ3n) is 3.86. The van der Waals surface area contributed by atoms with Crippen LogP contribution in [0.2, 0.25) is 0 Å². The highest BCUT2D eigenvalue weighted by atomic mass is 32.1. The molecule has 116 valence electrons. The minimum atomic E-state index is -0.0783. The van der Waals surface area contributed by atoms with Crippen LogP contribution >= 0.6 is 11.3 Å². The smallest absolute Gasteiger partial charge is 0.274 e. The number of hydrogen-bond donors (Lipinski definition) is 0. The van der Waals surface area contributed by atoms with Gasteiger partial charge in [-0.1, -0.05) is 6.07 Å². The predicted molar refractivity (Wildman–Crippen MR) is 86.9 cm³/mol. The van der Waals surface area contributed by atoms with Gasteiger partial charge in [0, 0.05) is 25.5 Å². The van der Waals surface area contributed by atoms with Crippen LogP contribution in [0, 0.1) is 0 Å². The first-order chi connectivity index (χ1) is 11.3. The lowest BCUT2D eigenvalue weighted by Gasteiger charge is -2.19. The largest absolute Gasteiger partial charge is 0.331 e. The van der Waals surface area contributed by atoms with Gasteiger partial charge in [0.25, 0.3) is 5.91 Å². The summed E-state index contributed by atoms with van der Waals surface area (Å²) in [6, 6.07) is 6.16. The van der Waals surface area contributed by atoms with Gasteiger partial charge in [0.1, 0.15) is 11.4 Å². The highest BCUT2D eigenvalue weighted by Crippen LogP contribution is 2.26. The molecular formula is C16H15N5OS. The highest BCUT2D eigenvalue weighted by molar-refractivity contribution is 7.13. The molecule has 3 aromatic rings. The van der Waals surface area contributed by atoms with E-state index in [1.54, 1.807) is 23.7 Å². The normalized spacial score (nSPS) is 14.3. The van der Waals surface area contributed by atoms with E-state index in [0.717, 1.165) is 29.2 Å². The van der Waals surface area contributed by atoms with Gasteiger partial charge >= 0.3 is 0 Å². The van der Waals surface area contributed by atoms with Gasteiger partial charge in [-0.2, -0.15) is 5.10 Å². The van der Waals surface area contributed by atoms with E-state index in [2.05, 4.69) is 27.2 Å². The Morgan fingerprint density at radius 2 is 2.22 bits per heavy atom. The molecule has 0 N–H and O–H groups in total. The summed E-state index contributed by atoms with van der Waals surface area (Å²) in [5.41, 5.74) is 2.42. The van der Waals surface area contributed by atoms with Crippen molar-refractivity contribution in [2.75, 3.05) is 6.54 Å². The molecule has 3 aromatic heterocycles. The van der Waals surface area contributed by atoms with E-state index in [-0.39, 0.29) is 5.91 Å². The molecule has 0 fully saturated rings. The number of aryl methyl sites for hydroxylation is 1. The third-order valence-corrected chi connectivity index (χ3v) is 4.75. The number of thiophene rings is 1. The molecule has 1 amide bonds. The molecule has 0 bridgehead atoms. The molecule has 6 nitrogen and oxygen atoms in total. The van der Waals surface area contributed by atoms with Crippen LogP contribution in [-0.4, -0.2) is 37.1 Å². The molecule has 4 rings (SSSR count). The van der Waals surface area contributed by atoms with Gasteiger partial charge in [0.15, 0.2) is 0 Å². The lowest BCUT2D eigenvalue weighted by atomic mass is 10.3. The van der Waals surface area contributed by atoms with Gasteiger partial charge in [0.05, 0.1) is 23.3 Å². The monoisotopic (exact) mass is 325 g/mol. The fraction of sp³-hybridized carbons (Fsp3) is 0.250. The van der Waals surface area contributed by atoms with Gasteiger partial charge < -0.3 is 4.90 Å². The van der Waals surface area contributed by atoms with Crippen LogP contribution in [0.15, 0.2) is 42.2 Å². The Labute approximate surface area is 137 Å². The molecule has 1 aliphatic rings. The quantitative estimate of drug-likeness (QED) is 0.726. The van der Waals surface area contributed by atoms with Crippen molar-refractivity contribution in [2.24, 2.45) is 0 Å². The summed E-state index contributed by atoms with van der Waals surface area (Å²) in [5, 5.41) is 6.73. The molecule has 0 atom stereocenters. The average molecular weight is 325 g/mol. The number of rotatable bonds is 2. The lowest BCUT2D eigenvalue weighted by Crippen LogP contribution is -2.31. The first-order valence-electron chi connectivity index (χ1n) is 7.47. The van der Waals surface area contributed by atoms with Gasteiger partial charge in [-0.3, -0.25) is 14.5 Å². The van der Waals surface area contributed by atoms with Crippen molar-refractivity contribution in [3.05, 3.63) is 53.6 Å². The summed E-state index contributed by atoms with van der Waals surface area (Å²) in [6.07, 6.45) is 5.51. The second kappa shape index (κ2) is 5.92. The molecule has 0 unspecified atom stereocenters. The molecule has 0 spiro atoms. The first kappa shape index (κ1) is 14.1. The summed E-state index contributed by atoms with van der Waals surface area (Å²) < 4.78 is 2.01. The molecule has 23 heavy (non-hydrogen) atoms. The minimum Gasteiger partial charge on any atom is -0.331 e. The second-order valence-corrected chi connectivity index (χ2v) is 6.34. The number of aromatic nitrogens is 4. The van der Waals surface area contributed by atoms with Crippen molar-refractivity contribution in [3.63, 3.8) is 0 Å². The Morgan fingerprint density at radius 1 is 1.26 bits per heavy atom. The minimum absolute atomic E-state index is 0.0783. The van der Waals surface area contributed by atoms with Gasteiger partial charge in [-0.15, -0.1) is 11.3 Å². The SMILES string of the molecule is O=C(c1cnccn1)N1CCCn2nc(-c3cccs3)cc2C1. The predicted octanol–water partition coefficient (Wildman–Crippen LogP) is 2.45. The number of carbonyl (C=O) groups is 1. The molecular weight excluding hydrogens is 310 g/mol. The molecule has 4 heterocycles. The molecule has 0 saturated carbocycles. The summed E-state index contributed by atoms with van der Waals surface area (Å²) in [4.78, 5) is 23.7. The van der Waals surface area contributed by atoms with E-state index in [4.69, 9.17) is 0 Å². The maximum absolute atomic E-state index is 12.6. The maximum Gasteiger partial charge on any atom is 0.274 e. The topological polar surface area (TPSA) is 63.9 Å². The number of hydrogen-bond acceptors (Lipinski definition) is 5. The zero-order chi connectivity index (χ0) is 15.6. The average Bonchev–Trinajstić information content (AvgIpc) is 3.21. The van der Waals surface area contributed by atoms with Gasteiger partial charge in [0.2, 0.25) is 0 Å². The van der Waals surface area contributed by atoms with Crippen molar-refractivity contribution in [1.29, 1.82) is 0 Å². The zero-order valence-electron chi connectivity index (χ0n) is 12.4. The summed E-state index contributed by atoms with van der Waals surface area (Å²) in [7, 11) is 0. The number of carbonyl (C=O) groups excluding carboxylic acids is 1. The van der Waals surface area contributed by atoms with Crippen LogP contribution in [-0.2, 0) is 13.1 Å². The molecule has 0 aliphatic carbocycles. The third kappa shape index (κ3) is 2.75. The van der Waals surface area contributed by atoms with E-state index in [1.807, 2.05) is 21.0 Å². The zero-order valence-corrected chi connectivity index (χ0v) is 13.2. The standard InChI is InChI=1S/C16H15N5OS/c22-16(14-10-17-4-5-18-14)20-6-2-7-21-12(11-20)9-13(19-21)15-3-1-8-23-15/h1,3-5,8-10H,2,6-7,11H2. The van der Waals surface area contributed by atoms with Crippen LogP contribution in [0.1, 0.15) is 22.6 Å². The van der Waals surface area contributed by atoms with E-state index in [9.17, 15) is 4.79 Å². The fourth-order valence-corrected chi connectivity index (χ4v) is 3.43. The van der Waals surface area contributed by atoms with Crippen LogP contribution < -0.4 is 0 Å². The molecule has 0 radical (unpaired) electrons. The van der Waals surface area contributed by atoms with Gasteiger partial charge in [-0.05, 0) is 23.9 Å². The Balaban J connectivity index is 1.61. The van der Waals surface area contributed by atoms with Crippen LogP contribution in [0.25, 0.3) is 10.6 Å². The van der Waals surface area contributed by atoms with Crippen molar-refractivity contribution in [3.8, 4) is 10.6 Å². The summed E-state index contributed by atoms with van der Waals surface area (Å²) in [6.45, 7) is 2.08. The van der Waals surface area contributed by atoms with Crippen LogP contribution in [0.4, 0.5) is 0 Å². The number of fused-ring (bicyclic) bond motifs is 1. The van der Waals surface area contributed by atoms with Crippen molar-refractivity contribution in [1.82, 2.24) is 24.6 Å². The first-order valence-corrected chi connectivity index (χ1v) is 8.35. The van der Waals surface area contributed by atoms with Crippen LogP contribution in [0.3, 0.4) is 0 Å². The molecule has 1 aliphatic heterocycles. The second-order valence-electron chi connectivity index (χ2n) is 5.39. The van der Waals surface area contributed by atoms with Crippen molar-refractivity contribution >= 4 is 17.2 Å². The Bertz CT molecular complexity index is 812. The summed E-state index contributed by atoms with van der Waals surface area (Å²) in [5.74, 6) is -0.0783. The Hall–Kier alpha value is -2.54. The van der Waals surface area contributed by atoms with E-state index >= 15 is 0 Å². The van der Waals surface area contributed by atoms with Gasteiger partial charge in [-0.25, -0.2) is 4.98 Å². The van der Waals surface area contributed by atoms with E-state index in [0.29, 0.717) is 18.8 Å². The maximum atomic E-state index is 12.6. The number of nitrogens with zero attached hydrogens (tertiary/aromatic N) is 5. The van der Waals surface area contributed by atoms with E-state index in [1.165, 1.54) is 6.20 Å². The lowest BCUT2D eigenvalue weighted by molar-refractivity contribution is 0.0739. The molecule has 0 aromatic carbocycles. The van der Waals surface area contributed by atoms with Crippen molar-refractivity contribution in [2.45, 2.75) is 19.5 Å². The summed E-state index contributed by atoms with van der Waals surface area (Å²) >= 11 is 1.67. The van der Waals surface area contributed by atoms with Crippen LogP contribution in [0.5, 0.6) is 0 Å². The molecule has 7 heteroatoms. The van der Waals surface area contributed by atoms with Crippen molar-refractivity contribution < 1.29 is 4.79 Å². The van der Waals surface area contributed by atoms with E-state index < -0.39 is 0 Å². The number of amides is 1. The molecule has 0 saturated heterocycles. The fourth-order valence-electron chi connectivity index (χ4n) is 2.75.